The Hall–Kier alpha value is -2.59. The number of carbonyl (C=O) groups is 2. The third-order valence-electron chi connectivity index (χ3n) is 4.51. The second kappa shape index (κ2) is 11.9. The van der Waals surface area contributed by atoms with E-state index in [0.29, 0.717) is 17.7 Å². The molecule has 32 heavy (non-hydrogen) atoms. The van der Waals surface area contributed by atoms with Crippen molar-refractivity contribution in [2.24, 2.45) is 5.73 Å². The number of nitrogens with one attached hydrogen (secondary N) is 1. The van der Waals surface area contributed by atoms with E-state index in [-0.39, 0.29) is 5.56 Å². The number of hydrogen-bond acceptors (Lipinski definition) is 7. The van der Waals surface area contributed by atoms with Crippen LogP contribution in [0.25, 0.3) is 11.1 Å². The predicted octanol–water partition coefficient (Wildman–Crippen LogP) is 3.98. The molecule has 1 heterocycles. The van der Waals surface area contributed by atoms with Crippen molar-refractivity contribution >= 4 is 50.2 Å². The van der Waals surface area contributed by atoms with Crippen LogP contribution >= 0.6 is 11.8 Å². The van der Waals surface area contributed by atoms with Crippen LogP contribution in [-0.2, 0) is 30.4 Å². The lowest BCUT2D eigenvalue weighted by molar-refractivity contribution is -0.139. The number of hydrogen-bond donors (Lipinski definition) is 2. The molecule has 2 aromatic carbocycles. The Bertz CT molecular complexity index is 1100. The molecule has 0 aliphatic rings. The van der Waals surface area contributed by atoms with Crippen LogP contribution in [0.4, 0.5) is 5.69 Å². The number of anilines is 1. The van der Waals surface area contributed by atoms with Crippen molar-refractivity contribution < 1.29 is 14.3 Å². The maximum absolute atomic E-state index is 12.8. The number of pyridine rings is 1. The van der Waals surface area contributed by atoms with Crippen LogP contribution in [0.15, 0.2) is 78.0 Å². The Balaban J connectivity index is 1.86. The Morgan fingerprint density at radius 1 is 1.19 bits per heavy atom. The Morgan fingerprint density at radius 2 is 1.97 bits per heavy atom. The first-order valence-corrected chi connectivity index (χ1v) is 13.3. The lowest BCUT2D eigenvalue weighted by atomic mass is 9.99. The molecule has 0 aliphatic heterocycles. The van der Waals surface area contributed by atoms with Crippen molar-refractivity contribution in [1.29, 1.82) is 0 Å². The first-order chi connectivity index (χ1) is 15.5. The summed E-state index contributed by atoms with van der Waals surface area (Å²) in [7, 11) is -0.703. The number of thioether (sulfide) groups is 1. The van der Waals surface area contributed by atoms with E-state index in [1.165, 1.54) is 0 Å². The number of esters is 2. The van der Waals surface area contributed by atoms with Gasteiger partial charge in [-0.2, -0.15) is 11.8 Å². The Kier molecular flexibility index (Phi) is 8.92. The van der Waals surface area contributed by atoms with Crippen LogP contribution < -0.4 is 10.5 Å². The number of nitrogens with two attached hydrogens (primary N) is 1. The van der Waals surface area contributed by atoms with Gasteiger partial charge in [-0.25, -0.2) is 9.59 Å². The number of aromatic nitrogens is 1. The van der Waals surface area contributed by atoms with Crippen LogP contribution in [0.1, 0.15) is 16.8 Å². The molecule has 0 radical (unpaired) electrons. The summed E-state index contributed by atoms with van der Waals surface area (Å²) in [5.41, 5.74) is 8.31. The van der Waals surface area contributed by atoms with Gasteiger partial charge in [-0.3, -0.25) is 4.98 Å². The van der Waals surface area contributed by atoms with Gasteiger partial charge in [-0.1, -0.05) is 30.3 Å². The highest BCUT2D eigenvalue weighted by Crippen LogP contribution is 2.28. The minimum Gasteiger partial charge on any atom is -0.388 e. The molecule has 0 saturated carbocycles. The summed E-state index contributed by atoms with van der Waals surface area (Å²) < 4.78 is 8.37. The fourth-order valence-electron chi connectivity index (χ4n) is 2.85. The highest BCUT2D eigenvalue weighted by atomic mass is 32.8. The van der Waals surface area contributed by atoms with E-state index in [0.717, 1.165) is 16.1 Å². The molecule has 166 valence electrons. The highest BCUT2D eigenvalue weighted by molar-refractivity contribution is 8.29. The SMILES string of the molecule is CSCC[C@H](N)C(=O)OC(=O)c1ccc(NS(=S)c2cccnc2)cc1-c1ccccc1. The first kappa shape index (κ1) is 24.1. The fourth-order valence-corrected chi connectivity index (χ4v) is 4.74. The fraction of sp³-hybridized carbons (Fsp3) is 0.174. The van der Waals surface area contributed by atoms with Crippen molar-refractivity contribution in [2.75, 3.05) is 16.7 Å². The second-order valence-corrected chi connectivity index (χ2v) is 9.98. The van der Waals surface area contributed by atoms with Crippen LogP contribution in [0, 0.1) is 0 Å². The molecule has 3 aromatic rings. The van der Waals surface area contributed by atoms with Gasteiger partial charge in [-0.15, -0.1) is 0 Å². The standard InChI is InChI=1S/C23H23N3O3S3/c1-31-13-11-21(24)23(28)29-22(27)19-10-9-17(14-20(19)16-6-3-2-4-7-16)26-32(30)18-8-5-12-25-15-18/h2-10,12,14-15,21,26H,11,13,24H2,1H3/t21-,32?/m0/s1. The minimum absolute atomic E-state index is 0.276. The summed E-state index contributed by atoms with van der Waals surface area (Å²) in [5, 5.41) is 0. The number of benzene rings is 2. The predicted molar refractivity (Wildman–Crippen MR) is 134 cm³/mol. The summed E-state index contributed by atoms with van der Waals surface area (Å²) in [6.07, 6.45) is 5.78. The van der Waals surface area contributed by atoms with E-state index in [1.54, 1.807) is 36.3 Å². The molecule has 2 atom stereocenters. The lowest BCUT2D eigenvalue weighted by Gasteiger charge is -2.15. The zero-order valence-electron chi connectivity index (χ0n) is 17.4. The van der Waals surface area contributed by atoms with Gasteiger partial charge in [0.25, 0.3) is 0 Å². The maximum Gasteiger partial charge on any atom is 0.346 e. The van der Waals surface area contributed by atoms with Crippen molar-refractivity contribution in [3.8, 4) is 11.1 Å². The summed E-state index contributed by atoms with van der Waals surface area (Å²) in [6.45, 7) is 0. The number of ether oxygens (including phenoxy) is 1. The van der Waals surface area contributed by atoms with Crippen molar-refractivity contribution in [3.63, 3.8) is 0 Å². The molecule has 1 unspecified atom stereocenters. The van der Waals surface area contributed by atoms with Crippen molar-refractivity contribution in [2.45, 2.75) is 17.4 Å². The monoisotopic (exact) mass is 485 g/mol. The van der Waals surface area contributed by atoms with E-state index >= 15 is 0 Å². The largest absolute Gasteiger partial charge is 0.388 e. The average Bonchev–Trinajstić information content (AvgIpc) is 2.83. The van der Waals surface area contributed by atoms with Gasteiger partial charge in [0.15, 0.2) is 0 Å². The molecule has 9 heteroatoms. The molecule has 0 amide bonds. The highest BCUT2D eigenvalue weighted by Gasteiger charge is 2.22. The molecule has 3 rings (SSSR count). The molecule has 3 N–H and O–H groups in total. The topological polar surface area (TPSA) is 94.3 Å². The summed E-state index contributed by atoms with van der Waals surface area (Å²) in [6, 6.07) is 17.5. The molecule has 0 aliphatic carbocycles. The van der Waals surface area contributed by atoms with Crippen LogP contribution in [0.2, 0.25) is 0 Å². The molecule has 6 nitrogen and oxygen atoms in total. The van der Waals surface area contributed by atoms with Crippen LogP contribution in [0.5, 0.6) is 0 Å². The van der Waals surface area contributed by atoms with Crippen molar-refractivity contribution in [3.05, 3.63) is 78.6 Å². The molecule has 0 bridgehead atoms. The number of rotatable bonds is 9. The van der Waals surface area contributed by atoms with E-state index in [9.17, 15) is 9.59 Å². The van der Waals surface area contributed by atoms with Gasteiger partial charge in [-0.05, 0) is 71.1 Å². The molecule has 0 spiro atoms. The van der Waals surface area contributed by atoms with Gasteiger partial charge in [0.2, 0.25) is 0 Å². The zero-order valence-corrected chi connectivity index (χ0v) is 19.8. The molecule has 0 saturated heterocycles. The third kappa shape index (κ3) is 6.46. The zero-order chi connectivity index (χ0) is 22.9. The van der Waals surface area contributed by atoms with Crippen molar-refractivity contribution in [1.82, 2.24) is 4.98 Å². The second-order valence-electron chi connectivity index (χ2n) is 6.78. The lowest BCUT2D eigenvalue weighted by Crippen LogP contribution is -2.34. The van der Waals surface area contributed by atoms with Crippen LogP contribution in [0.3, 0.4) is 0 Å². The summed E-state index contributed by atoms with van der Waals surface area (Å²) in [4.78, 5) is 30.1. The van der Waals surface area contributed by atoms with Gasteiger partial charge >= 0.3 is 11.9 Å². The Morgan fingerprint density at radius 3 is 2.66 bits per heavy atom. The molecule has 1 aromatic heterocycles. The number of carbonyl (C=O) groups excluding carboxylic acids is 2. The Labute approximate surface area is 198 Å². The van der Waals surface area contributed by atoms with Gasteiger partial charge in [0, 0.05) is 32.6 Å². The summed E-state index contributed by atoms with van der Waals surface area (Å²) in [5.74, 6) is -0.751. The molecular formula is C23H23N3O3S3. The van der Waals surface area contributed by atoms with E-state index < -0.39 is 27.6 Å². The van der Waals surface area contributed by atoms with Crippen LogP contribution in [-0.4, -0.2) is 35.0 Å². The minimum atomic E-state index is -0.839. The molecule has 0 fully saturated rings. The van der Waals surface area contributed by atoms with E-state index in [2.05, 4.69) is 9.71 Å². The quantitative estimate of drug-likeness (QED) is 0.347. The van der Waals surface area contributed by atoms with E-state index in [1.807, 2.05) is 54.8 Å². The van der Waals surface area contributed by atoms with E-state index in [4.69, 9.17) is 21.7 Å². The maximum atomic E-state index is 12.8. The van der Waals surface area contributed by atoms with Gasteiger partial charge < -0.3 is 15.2 Å². The summed E-state index contributed by atoms with van der Waals surface area (Å²) >= 11 is 7.15. The third-order valence-corrected chi connectivity index (χ3v) is 7.07. The van der Waals surface area contributed by atoms with Gasteiger partial charge in [0.1, 0.15) is 6.04 Å². The average molecular weight is 486 g/mol. The molecular weight excluding hydrogens is 462 g/mol. The number of nitrogens with zero attached hydrogens (tertiary/aromatic N) is 1. The smallest absolute Gasteiger partial charge is 0.346 e. The van der Waals surface area contributed by atoms with Gasteiger partial charge in [0.05, 0.1) is 5.56 Å². The normalized spacial score (nSPS) is 12.6. The first-order valence-electron chi connectivity index (χ1n) is 9.78.